The molecule has 0 N–H and O–H groups in total. The van der Waals surface area contributed by atoms with Gasteiger partial charge in [-0.2, -0.15) is 19.6 Å². The third kappa shape index (κ3) is 15.6. The van der Waals surface area contributed by atoms with Crippen LogP contribution in [-0.2, 0) is 50.5 Å². The van der Waals surface area contributed by atoms with Gasteiger partial charge in [0.1, 0.15) is 0 Å². The second-order valence-electron chi connectivity index (χ2n) is 6.78. The summed E-state index contributed by atoms with van der Waals surface area (Å²) < 4.78 is 0. The van der Waals surface area contributed by atoms with Gasteiger partial charge in [0.05, 0.1) is 0 Å². The Kier molecular flexibility index (Phi) is 28.3. The molecule has 0 unspecified atom stereocenters. The third-order valence-electron chi connectivity index (χ3n) is 4.56. The fraction of sp³-hybridized carbons (Fsp3) is 0.222. The predicted molar refractivity (Wildman–Crippen MR) is 194 cm³/mol. The van der Waals surface area contributed by atoms with E-state index in [9.17, 15) is 0 Å². The van der Waals surface area contributed by atoms with E-state index >= 15 is 0 Å². The van der Waals surface area contributed by atoms with Gasteiger partial charge in [0.15, 0.2) is 0 Å². The van der Waals surface area contributed by atoms with E-state index in [-0.39, 0.29) is 0 Å². The van der Waals surface area contributed by atoms with Gasteiger partial charge in [-0.05, 0) is 22.3 Å². The van der Waals surface area contributed by atoms with Crippen LogP contribution in [0.25, 0.3) is 19.6 Å². The van der Waals surface area contributed by atoms with Crippen molar-refractivity contribution in [2.75, 3.05) is 0 Å². The van der Waals surface area contributed by atoms with E-state index in [4.69, 9.17) is 50.5 Å². The second-order valence-corrected chi connectivity index (χ2v) is 8.41. The van der Waals surface area contributed by atoms with Gasteiger partial charge >= 0.3 is 0 Å². The van der Waals surface area contributed by atoms with Crippen LogP contribution < -0.4 is 0 Å². The fourth-order valence-electron chi connectivity index (χ4n) is 2.88. The zero-order valence-corrected chi connectivity index (χ0v) is 35.7. The summed E-state index contributed by atoms with van der Waals surface area (Å²) in [4.78, 5) is 2.95. The van der Waals surface area contributed by atoms with Gasteiger partial charge in [-0.3, -0.25) is 0 Å². The Morgan fingerprint density at radius 1 is 0.293 bits per heavy atom. The van der Waals surface area contributed by atoms with Crippen molar-refractivity contribution in [3.63, 3.8) is 0 Å². The van der Waals surface area contributed by atoms with Crippen LogP contribution in [0.15, 0.2) is 121 Å². The largest absolute Gasteiger partial charge is 0.781 e. The summed E-state index contributed by atoms with van der Waals surface area (Å²) in [6.45, 7) is 16.0. The Balaban J connectivity index is -0.000000556. The molecular weight excluding hydrogens is 839 g/mol. The molecule has 0 radical (unpaired) electrons. The fourth-order valence-corrected chi connectivity index (χ4v) is 3.90. The van der Waals surface area contributed by atoms with E-state index in [1.165, 1.54) is 0 Å². The molecule has 0 saturated heterocycles. The third-order valence-corrected chi connectivity index (χ3v) is 6.57. The van der Waals surface area contributed by atoms with Crippen LogP contribution in [-0.4, -0.2) is 0 Å². The van der Waals surface area contributed by atoms with Crippen molar-refractivity contribution in [3.05, 3.63) is 144 Å². The summed E-state index contributed by atoms with van der Waals surface area (Å²) >= 11 is 21.5. The van der Waals surface area contributed by atoms with Crippen molar-refractivity contribution in [1.29, 1.82) is 0 Å². The minimum Gasteiger partial charge on any atom is -0.781 e. The van der Waals surface area contributed by atoms with Crippen molar-refractivity contribution in [1.82, 2.24) is 0 Å². The molecule has 0 atom stereocenters. The first-order valence-electron chi connectivity index (χ1n) is 14.0. The van der Waals surface area contributed by atoms with Crippen LogP contribution in [0, 0.1) is 0 Å². The van der Waals surface area contributed by atoms with Gasteiger partial charge in [-0.1, -0.05) is 177 Å². The average Bonchev–Trinajstić information content (AvgIpc) is 3.09. The Hall–Kier alpha value is -3.76. The van der Waals surface area contributed by atoms with Gasteiger partial charge in [0, 0.05) is 0 Å². The minimum atomic E-state index is 0. The Labute approximate surface area is 267 Å². The van der Waals surface area contributed by atoms with E-state index in [0.29, 0.717) is 0 Å². The molecule has 4 rings (SSSR count). The first-order valence-corrected chi connectivity index (χ1v) is 15.6. The zero-order chi connectivity index (χ0) is 30.8. The van der Waals surface area contributed by atoms with Gasteiger partial charge in [0.2, 0.25) is 0 Å². The molecule has 0 spiro atoms. The van der Waals surface area contributed by atoms with Gasteiger partial charge in [-0.25, -0.2) is 0 Å². The molecular formula is C36H44MtS4-4. The molecule has 4 aromatic rings. The average molecular weight is 883 g/mol. The van der Waals surface area contributed by atoms with Gasteiger partial charge in [-0.15, -0.1) is 0 Å². The van der Waals surface area contributed by atoms with Crippen LogP contribution in [0.5, 0.6) is 0 Å². The Morgan fingerprint density at radius 2 is 0.415 bits per heavy atom. The van der Waals surface area contributed by atoms with Crippen molar-refractivity contribution in [3.8, 4) is 0 Å². The van der Waals surface area contributed by atoms with Crippen LogP contribution >= 0.6 is 0 Å². The molecule has 0 aromatic heterocycles. The molecule has 0 heterocycles. The molecule has 0 nitrogen and oxygen atoms in total. The summed E-state index contributed by atoms with van der Waals surface area (Å²) in [6, 6.07) is 39.5. The molecule has 218 valence electrons. The number of benzene rings is 4. The number of rotatable bonds is 4. The summed E-state index contributed by atoms with van der Waals surface area (Å²) in [5.74, 6) is 0. The minimum absolute atomic E-state index is 0. The summed E-state index contributed by atoms with van der Waals surface area (Å²) in [6.07, 6.45) is 0. The van der Waals surface area contributed by atoms with Crippen molar-refractivity contribution >= 4 is 70.1 Å². The Bertz CT molecular complexity index is 983. The van der Waals surface area contributed by atoms with Crippen molar-refractivity contribution in [2.45, 2.75) is 55.4 Å². The molecule has 0 bridgehead atoms. The number of hydrogen-bond acceptors (Lipinski definition) is 4. The molecule has 0 aliphatic heterocycles. The predicted octanol–water partition coefficient (Wildman–Crippen LogP) is 11.3. The molecule has 5 heteroatoms. The molecule has 41 heavy (non-hydrogen) atoms. The topological polar surface area (TPSA) is 0 Å². The SMILES string of the molecule is CC.CC.CC.CC.[Mt].[S-]C(=C([S-])c1ccccc1)c1ccccc1.[S-]C(=C([S-])c1ccccc1)c1ccccc1. The van der Waals surface area contributed by atoms with Gasteiger partial charge < -0.3 is 50.5 Å². The number of hydrogen-bond donors (Lipinski definition) is 0. The molecule has 0 fully saturated rings. The normalized spacial score (nSPS) is 9.95. The van der Waals surface area contributed by atoms with E-state index < -0.39 is 0 Å². The standard InChI is InChI=1S/2C14H12S2.4C2H6.Mt/c2*15-13(11-7-3-1-4-8-11)14(16)12-9-5-2-6-10-12;4*1-2;/h2*1-10,15-16H;4*1-2H3;/p-4. The first-order chi connectivity index (χ1) is 19.6. The maximum Gasteiger partial charge on any atom is 0 e. The molecule has 0 saturated carbocycles. The summed E-state index contributed by atoms with van der Waals surface area (Å²) in [7, 11) is 0. The zero-order valence-electron chi connectivity index (χ0n) is 25.9. The quantitative estimate of drug-likeness (QED) is 0.148. The van der Waals surface area contributed by atoms with Gasteiger partial charge in [0.25, 0.3) is 0 Å². The monoisotopic (exact) mass is 882 g/mol. The molecule has 0 aliphatic carbocycles. The molecule has 0 aliphatic rings. The van der Waals surface area contributed by atoms with Crippen LogP contribution in [0.4, 0.5) is 0 Å². The van der Waals surface area contributed by atoms with Crippen molar-refractivity contribution in [2.24, 2.45) is 0 Å². The second kappa shape index (κ2) is 27.8. The Morgan fingerprint density at radius 3 is 0.537 bits per heavy atom. The van der Waals surface area contributed by atoms with E-state index in [1.807, 2.05) is 177 Å². The smallest absolute Gasteiger partial charge is 0 e. The van der Waals surface area contributed by atoms with E-state index in [0.717, 1.165) is 41.9 Å². The first kappa shape index (κ1) is 41.7. The molecule has 0 amide bonds. The van der Waals surface area contributed by atoms with Crippen LogP contribution in [0.3, 0.4) is 0 Å². The van der Waals surface area contributed by atoms with Crippen LogP contribution in [0.1, 0.15) is 77.6 Å². The maximum absolute atomic E-state index is 5.38. The van der Waals surface area contributed by atoms with Crippen molar-refractivity contribution < 1.29 is 0 Å². The summed E-state index contributed by atoms with van der Waals surface area (Å²) in [5, 5.41) is 0. The van der Waals surface area contributed by atoms with E-state index in [2.05, 4.69) is 0 Å². The summed E-state index contributed by atoms with van der Waals surface area (Å²) in [5.41, 5.74) is 4.02. The van der Waals surface area contributed by atoms with Crippen LogP contribution in [0.2, 0.25) is 0 Å². The molecule has 4 aromatic carbocycles. The van der Waals surface area contributed by atoms with E-state index in [1.54, 1.807) is 0 Å². The maximum atomic E-state index is 5.38.